The zero-order valence-corrected chi connectivity index (χ0v) is 18.0. The molecule has 5 nitrogen and oxygen atoms in total. The highest BCUT2D eigenvalue weighted by Crippen LogP contribution is 2.23. The molecule has 2 amide bonds. The van der Waals surface area contributed by atoms with Crippen molar-refractivity contribution in [1.82, 2.24) is 15.5 Å². The molecule has 160 valence electrons. The van der Waals surface area contributed by atoms with Crippen LogP contribution < -0.4 is 10.6 Å². The number of carbonyl (C=O) groups excluding carboxylic acids is 2. The van der Waals surface area contributed by atoms with Crippen LogP contribution in [0.15, 0.2) is 54.6 Å². The molecule has 2 aliphatic heterocycles. The zero-order valence-electron chi connectivity index (χ0n) is 17.2. The molecule has 2 atom stereocenters. The van der Waals surface area contributed by atoms with Crippen LogP contribution >= 0.6 is 12.4 Å². The molecule has 0 spiro atoms. The first-order valence-electron chi connectivity index (χ1n) is 10.6. The summed E-state index contributed by atoms with van der Waals surface area (Å²) in [6.07, 6.45) is 3.15. The van der Waals surface area contributed by atoms with Gasteiger partial charge in [-0.3, -0.25) is 9.59 Å². The molecule has 2 N–H and O–H groups in total. The Balaban J connectivity index is 0.00000256. The van der Waals surface area contributed by atoms with Crippen LogP contribution in [0.5, 0.6) is 0 Å². The van der Waals surface area contributed by atoms with E-state index in [1.807, 2.05) is 35.2 Å². The van der Waals surface area contributed by atoms with Gasteiger partial charge in [-0.1, -0.05) is 54.6 Å². The van der Waals surface area contributed by atoms with Crippen molar-refractivity contribution in [3.8, 4) is 0 Å². The van der Waals surface area contributed by atoms with Gasteiger partial charge in [0.1, 0.15) is 0 Å². The smallest absolute Gasteiger partial charge is 0.227 e. The van der Waals surface area contributed by atoms with Gasteiger partial charge in [-0.25, -0.2) is 0 Å². The molecular weight excluding hydrogens is 398 g/mol. The van der Waals surface area contributed by atoms with Crippen molar-refractivity contribution in [2.75, 3.05) is 26.2 Å². The lowest BCUT2D eigenvalue weighted by atomic mass is 9.93. The van der Waals surface area contributed by atoms with Gasteiger partial charge in [0.15, 0.2) is 0 Å². The van der Waals surface area contributed by atoms with Crippen LogP contribution in [0.3, 0.4) is 0 Å². The first-order valence-corrected chi connectivity index (χ1v) is 10.6. The molecule has 2 heterocycles. The summed E-state index contributed by atoms with van der Waals surface area (Å²) in [4.78, 5) is 27.3. The Kier molecular flexibility index (Phi) is 7.88. The van der Waals surface area contributed by atoms with Gasteiger partial charge in [-0.2, -0.15) is 0 Å². The first kappa shape index (κ1) is 22.3. The second-order valence-electron chi connectivity index (χ2n) is 8.04. The molecule has 4 rings (SSSR count). The van der Waals surface area contributed by atoms with Gasteiger partial charge in [0.05, 0.1) is 12.3 Å². The molecule has 0 bridgehead atoms. The van der Waals surface area contributed by atoms with Gasteiger partial charge in [0.25, 0.3) is 0 Å². The molecule has 0 aromatic heterocycles. The summed E-state index contributed by atoms with van der Waals surface area (Å²) in [7, 11) is 0. The highest BCUT2D eigenvalue weighted by molar-refractivity contribution is 5.85. The zero-order chi connectivity index (χ0) is 20.1. The van der Waals surface area contributed by atoms with Gasteiger partial charge < -0.3 is 15.5 Å². The van der Waals surface area contributed by atoms with E-state index in [0.717, 1.165) is 37.9 Å². The van der Waals surface area contributed by atoms with Crippen LogP contribution in [0.4, 0.5) is 0 Å². The molecule has 2 aliphatic rings. The number of likely N-dealkylation sites (tertiary alicyclic amines) is 1. The molecule has 2 aromatic rings. The summed E-state index contributed by atoms with van der Waals surface area (Å²) in [6.45, 7) is 2.78. The van der Waals surface area contributed by atoms with Crippen LogP contribution in [0.1, 0.15) is 35.6 Å². The van der Waals surface area contributed by atoms with Crippen molar-refractivity contribution in [3.63, 3.8) is 0 Å². The molecule has 0 aliphatic carbocycles. The fourth-order valence-electron chi connectivity index (χ4n) is 4.42. The number of rotatable bonds is 5. The number of fused-ring (bicyclic) bond motifs is 1. The monoisotopic (exact) mass is 427 g/mol. The van der Waals surface area contributed by atoms with E-state index < -0.39 is 0 Å². The van der Waals surface area contributed by atoms with Crippen LogP contribution in [-0.4, -0.2) is 42.9 Å². The molecule has 2 aromatic carbocycles. The molecule has 1 fully saturated rings. The molecule has 2 unspecified atom stereocenters. The third-order valence-electron chi connectivity index (χ3n) is 6.04. The maximum absolute atomic E-state index is 12.8. The van der Waals surface area contributed by atoms with E-state index in [1.165, 1.54) is 11.1 Å². The number of carbonyl (C=O) groups is 2. The Morgan fingerprint density at radius 1 is 1.07 bits per heavy atom. The SMILES string of the molecule is Cl.O=C(NCC1NCCc2ccccc21)C1CCCN(C(=O)Cc2ccccc2)C1. The van der Waals surface area contributed by atoms with E-state index >= 15 is 0 Å². The Morgan fingerprint density at radius 3 is 2.67 bits per heavy atom. The first-order chi connectivity index (χ1) is 14.2. The van der Waals surface area contributed by atoms with E-state index in [9.17, 15) is 9.59 Å². The summed E-state index contributed by atoms with van der Waals surface area (Å²) in [5.74, 6) is 0.0472. The van der Waals surface area contributed by atoms with E-state index in [1.54, 1.807) is 0 Å². The number of halogens is 1. The van der Waals surface area contributed by atoms with E-state index in [4.69, 9.17) is 0 Å². The fourth-order valence-corrected chi connectivity index (χ4v) is 4.42. The van der Waals surface area contributed by atoms with Crippen molar-refractivity contribution in [1.29, 1.82) is 0 Å². The van der Waals surface area contributed by atoms with Crippen LogP contribution in [-0.2, 0) is 22.4 Å². The number of amides is 2. The average molecular weight is 428 g/mol. The number of benzene rings is 2. The minimum atomic E-state index is -0.123. The minimum absolute atomic E-state index is 0. The quantitative estimate of drug-likeness (QED) is 0.771. The van der Waals surface area contributed by atoms with Gasteiger partial charge in [-0.15, -0.1) is 12.4 Å². The predicted molar refractivity (Wildman–Crippen MR) is 121 cm³/mol. The summed E-state index contributed by atoms with van der Waals surface area (Å²) >= 11 is 0. The van der Waals surface area contributed by atoms with E-state index in [2.05, 4.69) is 34.9 Å². The molecule has 0 radical (unpaired) electrons. The number of piperidine rings is 1. The molecule has 1 saturated heterocycles. The van der Waals surface area contributed by atoms with Crippen LogP contribution in [0, 0.1) is 5.92 Å². The standard InChI is InChI=1S/C24H29N3O2.ClH/c28-23(15-18-7-2-1-3-8-18)27-14-6-10-20(17-27)24(29)26-16-22-21-11-5-4-9-19(21)12-13-25-22;/h1-5,7-9,11,20,22,25H,6,10,12-17H2,(H,26,29);1H. The lowest BCUT2D eigenvalue weighted by molar-refractivity contribution is -0.135. The van der Waals surface area contributed by atoms with E-state index in [-0.39, 0.29) is 36.2 Å². The van der Waals surface area contributed by atoms with Crippen molar-refractivity contribution in [3.05, 3.63) is 71.3 Å². The van der Waals surface area contributed by atoms with Crippen LogP contribution in [0.25, 0.3) is 0 Å². The fraction of sp³-hybridized carbons (Fsp3) is 0.417. The molecule has 30 heavy (non-hydrogen) atoms. The van der Waals surface area contributed by atoms with Crippen molar-refractivity contribution in [2.24, 2.45) is 5.92 Å². The highest BCUT2D eigenvalue weighted by Gasteiger charge is 2.29. The van der Waals surface area contributed by atoms with Crippen molar-refractivity contribution in [2.45, 2.75) is 31.7 Å². The van der Waals surface area contributed by atoms with Gasteiger partial charge >= 0.3 is 0 Å². The molecule has 6 heteroatoms. The summed E-state index contributed by atoms with van der Waals surface area (Å²) in [5, 5.41) is 6.64. The third kappa shape index (κ3) is 5.41. The average Bonchev–Trinajstić information content (AvgIpc) is 2.78. The Bertz CT molecular complexity index is 859. The maximum atomic E-state index is 12.8. The van der Waals surface area contributed by atoms with Gasteiger partial charge in [-0.05, 0) is 42.5 Å². The highest BCUT2D eigenvalue weighted by atomic mass is 35.5. The largest absolute Gasteiger partial charge is 0.354 e. The van der Waals surface area contributed by atoms with E-state index in [0.29, 0.717) is 19.5 Å². The second-order valence-corrected chi connectivity index (χ2v) is 8.04. The maximum Gasteiger partial charge on any atom is 0.227 e. The van der Waals surface area contributed by atoms with Gasteiger partial charge in [0.2, 0.25) is 11.8 Å². The normalized spacial score (nSPS) is 20.6. The Hall–Kier alpha value is -2.37. The summed E-state index contributed by atoms with van der Waals surface area (Å²) in [5.41, 5.74) is 3.66. The van der Waals surface area contributed by atoms with Crippen LogP contribution in [0.2, 0.25) is 0 Å². The number of hydrogen-bond donors (Lipinski definition) is 2. The molecular formula is C24H30ClN3O2. The molecule has 0 saturated carbocycles. The number of hydrogen-bond acceptors (Lipinski definition) is 3. The lowest BCUT2D eigenvalue weighted by Gasteiger charge is -2.33. The minimum Gasteiger partial charge on any atom is -0.354 e. The third-order valence-corrected chi connectivity index (χ3v) is 6.04. The topological polar surface area (TPSA) is 61.4 Å². The number of nitrogens with one attached hydrogen (secondary N) is 2. The lowest BCUT2D eigenvalue weighted by Crippen LogP contribution is -2.47. The predicted octanol–water partition coefficient (Wildman–Crippen LogP) is 2.89. The Morgan fingerprint density at radius 2 is 1.83 bits per heavy atom. The Labute approximate surface area is 184 Å². The van der Waals surface area contributed by atoms with Crippen molar-refractivity contribution < 1.29 is 9.59 Å². The van der Waals surface area contributed by atoms with Crippen molar-refractivity contribution >= 4 is 24.2 Å². The summed E-state index contributed by atoms with van der Waals surface area (Å²) < 4.78 is 0. The summed E-state index contributed by atoms with van der Waals surface area (Å²) in [6, 6.07) is 18.4. The van der Waals surface area contributed by atoms with Gasteiger partial charge in [0, 0.05) is 25.7 Å². The number of nitrogens with zero attached hydrogens (tertiary/aromatic N) is 1. The second kappa shape index (κ2) is 10.6.